The van der Waals surface area contributed by atoms with Crippen molar-refractivity contribution >= 4 is 27.8 Å². The second kappa shape index (κ2) is 5.19. The van der Waals surface area contributed by atoms with Crippen LogP contribution in [0.2, 0.25) is 0 Å². The molecule has 0 radical (unpaired) electrons. The molecule has 0 aliphatic carbocycles. The van der Waals surface area contributed by atoms with Crippen LogP contribution in [0.25, 0.3) is 0 Å². The van der Waals surface area contributed by atoms with Crippen LogP contribution in [0, 0.1) is 0 Å². The van der Waals surface area contributed by atoms with Gasteiger partial charge in [0, 0.05) is 12.2 Å². The number of hydrogen-bond acceptors (Lipinski definition) is 5. The molecule has 0 spiro atoms. The Morgan fingerprint density at radius 2 is 2.24 bits per heavy atom. The lowest BCUT2D eigenvalue weighted by Gasteiger charge is -2.24. The first-order valence-corrected chi connectivity index (χ1v) is 9.18. The maximum absolute atomic E-state index is 12.5. The summed E-state index contributed by atoms with van der Waals surface area (Å²) in [5.74, 6) is 0.446. The summed E-state index contributed by atoms with van der Waals surface area (Å²) in [6.45, 7) is 0.544. The first-order valence-electron chi connectivity index (χ1n) is 6.54. The highest BCUT2D eigenvalue weighted by molar-refractivity contribution is 7.99. The Morgan fingerprint density at radius 3 is 2.90 bits per heavy atom. The lowest BCUT2D eigenvalue weighted by molar-refractivity contribution is -0.142. The van der Waals surface area contributed by atoms with Crippen molar-refractivity contribution < 1.29 is 23.1 Å². The van der Waals surface area contributed by atoms with Crippen molar-refractivity contribution in [1.82, 2.24) is 4.72 Å². The van der Waals surface area contributed by atoms with E-state index in [4.69, 9.17) is 4.74 Å². The molecule has 3 rings (SSSR count). The number of rotatable bonds is 4. The smallest absolute Gasteiger partial charge is 0.325 e. The predicted molar refractivity (Wildman–Crippen MR) is 78.3 cm³/mol. The SMILES string of the molecule is O=C(O)C1(NS(=O)(=O)c2ccc3c(c2)CCO3)CCSC1. The number of carboxylic acids is 1. The number of carboxylic acid groups (broad SMARTS) is 1. The van der Waals surface area contributed by atoms with Gasteiger partial charge in [0.1, 0.15) is 11.3 Å². The van der Waals surface area contributed by atoms with Crippen LogP contribution in [0.4, 0.5) is 0 Å². The monoisotopic (exact) mass is 329 g/mol. The van der Waals surface area contributed by atoms with Crippen molar-refractivity contribution in [3.63, 3.8) is 0 Å². The van der Waals surface area contributed by atoms with Crippen LogP contribution in [0.1, 0.15) is 12.0 Å². The molecule has 21 heavy (non-hydrogen) atoms. The van der Waals surface area contributed by atoms with Crippen molar-refractivity contribution in [2.45, 2.75) is 23.3 Å². The minimum absolute atomic E-state index is 0.0873. The third kappa shape index (κ3) is 2.63. The molecule has 0 aromatic heterocycles. The molecule has 2 heterocycles. The minimum Gasteiger partial charge on any atom is -0.493 e. The van der Waals surface area contributed by atoms with Crippen LogP contribution in [0.5, 0.6) is 5.75 Å². The Kier molecular flexibility index (Phi) is 3.62. The van der Waals surface area contributed by atoms with E-state index in [2.05, 4.69) is 4.72 Å². The highest BCUT2D eigenvalue weighted by atomic mass is 32.2. The standard InChI is InChI=1S/C13H15NO5S2/c15-12(16)13(4-6-20-8-13)14-21(17,18)10-1-2-11-9(7-10)3-5-19-11/h1-2,7,14H,3-6,8H2,(H,15,16). The van der Waals surface area contributed by atoms with E-state index in [1.165, 1.54) is 17.8 Å². The molecule has 2 N–H and O–H groups in total. The van der Waals surface area contributed by atoms with Crippen molar-refractivity contribution in [1.29, 1.82) is 0 Å². The number of fused-ring (bicyclic) bond motifs is 1. The van der Waals surface area contributed by atoms with Gasteiger partial charge in [0.15, 0.2) is 0 Å². The predicted octanol–water partition coefficient (Wildman–Crippen LogP) is 0.860. The maximum Gasteiger partial charge on any atom is 0.325 e. The highest BCUT2D eigenvalue weighted by Crippen LogP contribution is 2.32. The number of benzene rings is 1. The zero-order chi connectivity index (χ0) is 15.1. The molecule has 1 fully saturated rings. The van der Waals surface area contributed by atoms with Crippen molar-refractivity contribution in [2.24, 2.45) is 0 Å². The summed E-state index contributed by atoms with van der Waals surface area (Å²) in [6, 6.07) is 4.63. The fourth-order valence-corrected chi connectivity index (χ4v) is 5.36. The Hall–Kier alpha value is -1.25. The molecule has 1 aromatic carbocycles. The summed E-state index contributed by atoms with van der Waals surface area (Å²) in [6.07, 6.45) is 0.957. The van der Waals surface area contributed by atoms with Gasteiger partial charge in [0.05, 0.1) is 11.5 Å². The van der Waals surface area contributed by atoms with Gasteiger partial charge in [-0.05, 0) is 35.9 Å². The number of aliphatic carboxylic acids is 1. The van der Waals surface area contributed by atoms with Gasteiger partial charge < -0.3 is 9.84 Å². The summed E-state index contributed by atoms with van der Waals surface area (Å²) >= 11 is 1.44. The largest absolute Gasteiger partial charge is 0.493 e. The normalized spacial score (nSPS) is 24.6. The van der Waals surface area contributed by atoms with Gasteiger partial charge >= 0.3 is 5.97 Å². The van der Waals surface area contributed by atoms with E-state index in [0.29, 0.717) is 31.0 Å². The summed E-state index contributed by atoms with van der Waals surface area (Å²) in [5.41, 5.74) is -0.568. The average Bonchev–Trinajstić information content (AvgIpc) is 3.06. The molecule has 1 unspecified atom stereocenters. The molecule has 0 bridgehead atoms. The third-order valence-corrected chi connectivity index (χ3v) is 6.46. The van der Waals surface area contributed by atoms with Crippen LogP contribution in [-0.4, -0.2) is 43.1 Å². The molecule has 1 atom stereocenters. The second-order valence-corrected chi connectivity index (χ2v) is 7.95. The van der Waals surface area contributed by atoms with Gasteiger partial charge in [-0.15, -0.1) is 0 Å². The highest BCUT2D eigenvalue weighted by Gasteiger charge is 2.45. The average molecular weight is 329 g/mol. The van der Waals surface area contributed by atoms with Crippen LogP contribution in [-0.2, 0) is 21.2 Å². The van der Waals surface area contributed by atoms with Gasteiger partial charge in [0.2, 0.25) is 10.0 Å². The summed E-state index contributed by atoms with van der Waals surface area (Å²) in [5, 5.41) is 9.37. The van der Waals surface area contributed by atoms with Crippen LogP contribution in [0.3, 0.4) is 0 Å². The van der Waals surface area contributed by atoms with E-state index < -0.39 is 21.5 Å². The van der Waals surface area contributed by atoms with E-state index in [9.17, 15) is 18.3 Å². The summed E-state index contributed by atoms with van der Waals surface area (Å²) in [7, 11) is -3.87. The quantitative estimate of drug-likeness (QED) is 0.851. The first kappa shape index (κ1) is 14.7. The van der Waals surface area contributed by atoms with Crippen LogP contribution >= 0.6 is 11.8 Å². The van der Waals surface area contributed by atoms with E-state index in [-0.39, 0.29) is 10.6 Å². The molecule has 2 aliphatic rings. The number of thioether (sulfide) groups is 1. The Morgan fingerprint density at radius 1 is 1.43 bits per heavy atom. The van der Waals surface area contributed by atoms with E-state index >= 15 is 0 Å². The van der Waals surface area contributed by atoms with Crippen molar-refractivity contribution in [3.8, 4) is 5.75 Å². The topological polar surface area (TPSA) is 92.7 Å². The number of nitrogens with one attached hydrogen (secondary N) is 1. The molecule has 6 nitrogen and oxygen atoms in total. The van der Waals surface area contributed by atoms with Crippen molar-refractivity contribution in [2.75, 3.05) is 18.1 Å². The molecular weight excluding hydrogens is 314 g/mol. The number of hydrogen-bond donors (Lipinski definition) is 2. The van der Waals surface area contributed by atoms with Crippen molar-refractivity contribution in [3.05, 3.63) is 23.8 Å². The zero-order valence-electron chi connectivity index (χ0n) is 11.2. The number of ether oxygens (including phenoxy) is 1. The number of carbonyl (C=O) groups is 1. The lowest BCUT2D eigenvalue weighted by atomic mass is 10.0. The maximum atomic E-state index is 12.5. The lowest BCUT2D eigenvalue weighted by Crippen LogP contribution is -2.54. The van der Waals surface area contributed by atoms with Gasteiger partial charge in [-0.2, -0.15) is 16.5 Å². The molecule has 1 aromatic rings. The third-order valence-electron chi connectivity index (χ3n) is 3.73. The fourth-order valence-electron chi connectivity index (χ4n) is 2.50. The van der Waals surface area contributed by atoms with Gasteiger partial charge in [-0.1, -0.05) is 0 Å². The Bertz CT molecular complexity index is 680. The molecule has 8 heteroatoms. The summed E-state index contributed by atoms with van der Waals surface area (Å²) in [4.78, 5) is 11.5. The molecule has 0 saturated carbocycles. The van der Waals surface area contributed by atoms with E-state index in [1.807, 2.05) is 0 Å². The molecular formula is C13H15NO5S2. The van der Waals surface area contributed by atoms with Gasteiger partial charge in [0.25, 0.3) is 0 Å². The van der Waals surface area contributed by atoms with Crippen LogP contribution < -0.4 is 9.46 Å². The Balaban J connectivity index is 1.92. The molecule has 2 aliphatic heterocycles. The second-order valence-electron chi connectivity index (χ2n) is 5.16. The van der Waals surface area contributed by atoms with Gasteiger partial charge in [-0.3, -0.25) is 4.79 Å². The van der Waals surface area contributed by atoms with Gasteiger partial charge in [-0.25, -0.2) is 8.42 Å². The Labute approximate surface area is 126 Å². The number of sulfonamides is 1. The minimum atomic E-state index is -3.87. The fraction of sp³-hybridized carbons (Fsp3) is 0.462. The van der Waals surface area contributed by atoms with Crippen LogP contribution in [0.15, 0.2) is 23.1 Å². The molecule has 1 saturated heterocycles. The molecule has 114 valence electrons. The summed E-state index contributed by atoms with van der Waals surface area (Å²) < 4.78 is 32.7. The van der Waals surface area contributed by atoms with E-state index in [0.717, 1.165) is 5.56 Å². The first-order chi connectivity index (χ1) is 9.93. The zero-order valence-corrected chi connectivity index (χ0v) is 12.8. The van der Waals surface area contributed by atoms with E-state index in [1.54, 1.807) is 12.1 Å². The molecule has 0 amide bonds.